The first-order valence-electron chi connectivity index (χ1n) is 6.70. The number of amides is 1. The molecule has 1 aromatic carbocycles. The molecule has 0 radical (unpaired) electrons. The minimum atomic E-state index is -1.11. The lowest BCUT2D eigenvalue weighted by atomic mass is 10.1. The molecule has 1 amide bonds. The Balaban J connectivity index is 2.35. The van der Waals surface area contributed by atoms with Crippen LogP contribution in [-0.4, -0.2) is 23.2 Å². The van der Waals surface area contributed by atoms with Gasteiger partial charge in [-0.2, -0.15) is 5.26 Å². The van der Waals surface area contributed by atoms with Gasteiger partial charge in [-0.05, 0) is 24.8 Å². The number of aliphatic carboxylic acids is 1. The van der Waals surface area contributed by atoms with Crippen molar-refractivity contribution in [1.82, 2.24) is 5.32 Å². The number of carboxylic acids is 1. The van der Waals surface area contributed by atoms with Crippen molar-refractivity contribution in [1.29, 1.82) is 5.26 Å². The third-order valence-corrected chi connectivity index (χ3v) is 2.83. The van der Waals surface area contributed by atoms with Gasteiger partial charge >= 0.3 is 12.1 Å². The van der Waals surface area contributed by atoms with Crippen LogP contribution in [0.4, 0.5) is 4.79 Å². The van der Waals surface area contributed by atoms with Crippen molar-refractivity contribution in [2.45, 2.75) is 38.3 Å². The SMILES string of the molecule is N#CCCCCC(NC(=O)OCc1ccccc1)C(=O)O. The predicted molar refractivity (Wildman–Crippen MR) is 75.3 cm³/mol. The molecule has 0 aromatic heterocycles. The fraction of sp³-hybridized carbons (Fsp3) is 0.400. The number of carboxylic acid groups (broad SMARTS) is 1. The maximum Gasteiger partial charge on any atom is 0.408 e. The zero-order chi connectivity index (χ0) is 15.5. The number of carbonyl (C=O) groups is 2. The van der Waals surface area contributed by atoms with E-state index in [1.807, 2.05) is 36.4 Å². The van der Waals surface area contributed by atoms with Gasteiger partial charge < -0.3 is 15.2 Å². The molecule has 0 aliphatic heterocycles. The predicted octanol–water partition coefficient (Wildman–Crippen LogP) is 2.45. The molecule has 6 heteroatoms. The first kappa shape index (κ1) is 16.5. The molecular weight excluding hydrogens is 272 g/mol. The number of alkyl carbamates (subject to hydrolysis) is 1. The van der Waals surface area contributed by atoms with Gasteiger partial charge in [0.15, 0.2) is 0 Å². The van der Waals surface area contributed by atoms with Crippen molar-refractivity contribution in [2.75, 3.05) is 0 Å². The molecule has 0 saturated heterocycles. The Hall–Kier alpha value is -2.55. The smallest absolute Gasteiger partial charge is 0.408 e. The quantitative estimate of drug-likeness (QED) is 0.716. The first-order chi connectivity index (χ1) is 10.1. The Kier molecular flexibility index (Phi) is 7.36. The summed E-state index contributed by atoms with van der Waals surface area (Å²) < 4.78 is 4.97. The number of hydrogen-bond donors (Lipinski definition) is 2. The summed E-state index contributed by atoms with van der Waals surface area (Å²) >= 11 is 0. The molecule has 0 bridgehead atoms. The largest absolute Gasteiger partial charge is 0.480 e. The lowest BCUT2D eigenvalue weighted by Gasteiger charge is -2.14. The lowest BCUT2D eigenvalue weighted by molar-refractivity contribution is -0.139. The van der Waals surface area contributed by atoms with Gasteiger partial charge in [-0.3, -0.25) is 0 Å². The topological polar surface area (TPSA) is 99.4 Å². The van der Waals surface area contributed by atoms with E-state index in [4.69, 9.17) is 15.1 Å². The molecule has 0 heterocycles. The van der Waals surface area contributed by atoms with Crippen molar-refractivity contribution < 1.29 is 19.4 Å². The Labute approximate surface area is 123 Å². The standard InChI is InChI=1S/C15H18N2O4/c16-10-6-2-5-9-13(14(18)19)17-15(20)21-11-12-7-3-1-4-8-12/h1,3-4,7-8,13H,2,5-6,9,11H2,(H,17,20)(H,18,19). The number of nitrogens with one attached hydrogen (secondary N) is 1. The van der Waals surface area contributed by atoms with Gasteiger partial charge in [0.25, 0.3) is 0 Å². The number of nitrogens with zero attached hydrogens (tertiary/aromatic N) is 1. The highest BCUT2D eigenvalue weighted by Crippen LogP contribution is 2.05. The molecule has 0 saturated carbocycles. The van der Waals surface area contributed by atoms with E-state index in [1.54, 1.807) is 0 Å². The third kappa shape index (κ3) is 6.97. The van der Waals surface area contributed by atoms with E-state index in [-0.39, 0.29) is 13.0 Å². The molecule has 112 valence electrons. The average molecular weight is 290 g/mol. The van der Waals surface area contributed by atoms with Crippen LogP contribution in [0.3, 0.4) is 0 Å². The Bertz CT molecular complexity index is 496. The van der Waals surface area contributed by atoms with Gasteiger partial charge in [0.2, 0.25) is 0 Å². The van der Waals surface area contributed by atoms with Crippen LogP contribution >= 0.6 is 0 Å². The van der Waals surface area contributed by atoms with E-state index in [9.17, 15) is 9.59 Å². The maximum atomic E-state index is 11.6. The summed E-state index contributed by atoms with van der Waals surface area (Å²) in [7, 11) is 0. The van der Waals surface area contributed by atoms with E-state index in [1.165, 1.54) is 0 Å². The van der Waals surface area contributed by atoms with E-state index in [0.29, 0.717) is 19.3 Å². The van der Waals surface area contributed by atoms with Gasteiger partial charge in [-0.25, -0.2) is 9.59 Å². The van der Waals surface area contributed by atoms with E-state index in [0.717, 1.165) is 5.56 Å². The summed E-state index contributed by atoms with van der Waals surface area (Å²) in [6, 6.07) is 10.1. The molecule has 0 aliphatic rings. The average Bonchev–Trinajstić information content (AvgIpc) is 2.49. The number of benzene rings is 1. The minimum absolute atomic E-state index is 0.0907. The summed E-state index contributed by atoms with van der Waals surface area (Å²) in [5.74, 6) is -1.11. The van der Waals surface area contributed by atoms with Crippen LogP contribution in [0.2, 0.25) is 0 Å². The van der Waals surface area contributed by atoms with Gasteiger partial charge in [0, 0.05) is 6.42 Å². The molecule has 21 heavy (non-hydrogen) atoms. The van der Waals surface area contributed by atoms with E-state index in [2.05, 4.69) is 5.32 Å². The van der Waals surface area contributed by atoms with Gasteiger partial charge in [0.05, 0.1) is 6.07 Å². The van der Waals surface area contributed by atoms with Crippen LogP contribution in [0.1, 0.15) is 31.2 Å². The molecule has 6 nitrogen and oxygen atoms in total. The van der Waals surface area contributed by atoms with Crippen molar-refractivity contribution in [3.63, 3.8) is 0 Å². The van der Waals surface area contributed by atoms with E-state index >= 15 is 0 Å². The second-order valence-electron chi connectivity index (χ2n) is 4.50. The number of unbranched alkanes of at least 4 members (excludes halogenated alkanes) is 2. The summed E-state index contributed by atoms with van der Waals surface area (Å²) in [6.07, 6.45) is 1.07. The van der Waals surface area contributed by atoms with Gasteiger partial charge in [-0.15, -0.1) is 0 Å². The first-order valence-corrected chi connectivity index (χ1v) is 6.70. The fourth-order valence-corrected chi connectivity index (χ4v) is 1.72. The van der Waals surface area contributed by atoms with Crippen LogP contribution in [0, 0.1) is 11.3 Å². The number of ether oxygens (including phenoxy) is 1. The highest BCUT2D eigenvalue weighted by Gasteiger charge is 2.20. The molecule has 0 spiro atoms. The molecule has 0 aliphatic carbocycles. The second kappa shape index (κ2) is 9.37. The van der Waals surface area contributed by atoms with Crippen molar-refractivity contribution in [3.05, 3.63) is 35.9 Å². The lowest BCUT2D eigenvalue weighted by Crippen LogP contribution is -2.40. The van der Waals surface area contributed by atoms with Crippen LogP contribution < -0.4 is 5.32 Å². The molecule has 1 atom stereocenters. The van der Waals surface area contributed by atoms with E-state index < -0.39 is 18.1 Å². The zero-order valence-electron chi connectivity index (χ0n) is 11.6. The Morgan fingerprint density at radius 2 is 2.00 bits per heavy atom. The van der Waals surface area contributed by atoms with Crippen LogP contribution in [-0.2, 0) is 16.1 Å². The summed E-state index contributed by atoms with van der Waals surface area (Å²) in [4.78, 5) is 22.6. The minimum Gasteiger partial charge on any atom is -0.480 e. The Morgan fingerprint density at radius 1 is 1.29 bits per heavy atom. The molecule has 1 unspecified atom stereocenters. The normalized spacial score (nSPS) is 11.2. The Morgan fingerprint density at radius 3 is 2.62 bits per heavy atom. The van der Waals surface area contributed by atoms with Crippen LogP contribution in [0.5, 0.6) is 0 Å². The molecular formula is C15H18N2O4. The molecule has 2 N–H and O–H groups in total. The number of rotatable bonds is 8. The third-order valence-electron chi connectivity index (χ3n) is 2.83. The monoisotopic (exact) mass is 290 g/mol. The van der Waals surface area contributed by atoms with Crippen LogP contribution in [0.25, 0.3) is 0 Å². The highest BCUT2D eigenvalue weighted by atomic mass is 16.5. The molecule has 1 aromatic rings. The summed E-state index contributed by atoms with van der Waals surface area (Å²) in [5.41, 5.74) is 0.827. The number of carbonyl (C=O) groups excluding carboxylic acids is 1. The maximum absolute atomic E-state index is 11.6. The van der Waals surface area contributed by atoms with Crippen molar-refractivity contribution in [2.24, 2.45) is 0 Å². The fourth-order valence-electron chi connectivity index (χ4n) is 1.72. The zero-order valence-corrected chi connectivity index (χ0v) is 11.6. The summed E-state index contributed by atoms with van der Waals surface area (Å²) in [6.45, 7) is 0.0907. The number of nitriles is 1. The van der Waals surface area contributed by atoms with Crippen molar-refractivity contribution in [3.8, 4) is 6.07 Å². The van der Waals surface area contributed by atoms with Crippen LogP contribution in [0.15, 0.2) is 30.3 Å². The van der Waals surface area contributed by atoms with Gasteiger partial charge in [-0.1, -0.05) is 30.3 Å². The summed E-state index contributed by atoms with van der Waals surface area (Å²) in [5, 5.41) is 19.8. The second-order valence-corrected chi connectivity index (χ2v) is 4.50. The van der Waals surface area contributed by atoms with Gasteiger partial charge in [0.1, 0.15) is 12.6 Å². The number of hydrogen-bond acceptors (Lipinski definition) is 4. The van der Waals surface area contributed by atoms with Crippen molar-refractivity contribution >= 4 is 12.1 Å². The molecule has 1 rings (SSSR count). The highest BCUT2D eigenvalue weighted by molar-refractivity contribution is 5.79. The molecule has 0 fully saturated rings.